The number of aryl methyl sites for hydroxylation is 1. The number of sulfone groups is 1. The van der Waals surface area contributed by atoms with E-state index in [1.165, 1.54) is 12.3 Å². The largest absolute Gasteiger partial charge is 0.288 e. The molecular formula is C14H11NO3S. The lowest BCUT2D eigenvalue weighted by Crippen LogP contribution is -2.06. The van der Waals surface area contributed by atoms with E-state index in [0.29, 0.717) is 11.3 Å². The van der Waals surface area contributed by atoms with Gasteiger partial charge in [-0.25, -0.2) is 8.42 Å². The minimum atomic E-state index is -3.52. The maximum Gasteiger partial charge on any atom is 0.196 e. The van der Waals surface area contributed by atoms with Crippen molar-refractivity contribution in [1.29, 1.82) is 0 Å². The quantitative estimate of drug-likeness (QED) is 0.735. The molecule has 0 saturated heterocycles. The molecule has 1 aromatic carbocycles. The molecule has 0 aliphatic carbocycles. The van der Waals surface area contributed by atoms with Gasteiger partial charge in [0.1, 0.15) is 0 Å². The average molecular weight is 273 g/mol. The Labute approximate surface area is 111 Å². The van der Waals surface area contributed by atoms with Gasteiger partial charge in [0.05, 0.1) is 16.3 Å². The van der Waals surface area contributed by atoms with Crippen molar-refractivity contribution < 1.29 is 13.2 Å². The first-order valence-electron chi connectivity index (χ1n) is 5.81. The molecule has 96 valence electrons. The summed E-state index contributed by atoms with van der Waals surface area (Å²) in [7, 11) is -3.52. The highest BCUT2D eigenvalue weighted by Gasteiger charge is 2.30. The zero-order valence-electron chi connectivity index (χ0n) is 10.3. The number of aromatic nitrogens is 1. The van der Waals surface area contributed by atoms with E-state index < -0.39 is 9.84 Å². The van der Waals surface area contributed by atoms with Gasteiger partial charge >= 0.3 is 0 Å². The maximum atomic E-state index is 12.5. The average Bonchev–Trinajstić information content (AvgIpc) is 2.44. The molecule has 0 bridgehead atoms. The number of carbonyl (C=O) groups excluding carboxylic acids is 1. The van der Waals surface area contributed by atoms with Crippen molar-refractivity contribution in [2.75, 3.05) is 0 Å². The third-order valence-corrected chi connectivity index (χ3v) is 4.86. The van der Waals surface area contributed by atoms with Crippen molar-refractivity contribution in [3.05, 3.63) is 58.9 Å². The maximum absolute atomic E-state index is 12.5. The SMILES string of the molecule is Cc1ccc2c(c1)C(=O)c1cccnc1CS2(=O)=O. The molecule has 1 aromatic heterocycles. The lowest BCUT2D eigenvalue weighted by atomic mass is 10.0. The van der Waals surface area contributed by atoms with E-state index in [1.807, 2.05) is 6.92 Å². The molecule has 0 saturated carbocycles. The summed E-state index contributed by atoms with van der Waals surface area (Å²) in [5.41, 5.74) is 1.79. The topological polar surface area (TPSA) is 64.1 Å². The van der Waals surface area contributed by atoms with Crippen LogP contribution in [0.5, 0.6) is 0 Å². The van der Waals surface area contributed by atoms with Crippen LogP contribution in [-0.4, -0.2) is 19.2 Å². The Morgan fingerprint density at radius 1 is 1.16 bits per heavy atom. The second-order valence-corrected chi connectivity index (χ2v) is 6.54. The van der Waals surface area contributed by atoms with Gasteiger partial charge in [-0.05, 0) is 31.2 Å². The number of ketones is 1. The molecule has 3 rings (SSSR count). The second-order valence-electron chi connectivity index (χ2n) is 4.59. The molecule has 2 aromatic rings. The normalized spacial score (nSPS) is 16.4. The number of hydrogen-bond donors (Lipinski definition) is 0. The van der Waals surface area contributed by atoms with Crippen LogP contribution in [0.15, 0.2) is 41.4 Å². The van der Waals surface area contributed by atoms with Crippen molar-refractivity contribution in [3.8, 4) is 0 Å². The Bertz CT molecular complexity index is 794. The Balaban J connectivity index is 2.39. The van der Waals surface area contributed by atoms with Gasteiger partial charge in [-0.15, -0.1) is 0 Å². The van der Waals surface area contributed by atoms with E-state index in [1.54, 1.807) is 24.3 Å². The van der Waals surface area contributed by atoms with E-state index in [0.717, 1.165) is 5.56 Å². The molecule has 19 heavy (non-hydrogen) atoms. The zero-order valence-corrected chi connectivity index (χ0v) is 11.1. The number of hydrogen-bond acceptors (Lipinski definition) is 4. The summed E-state index contributed by atoms with van der Waals surface area (Å²) in [5.74, 6) is -0.506. The number of pyridine rings is 1. The van der Waals surface area contributed by atoms with Crippen LogP contribution in [0.3, 0.4) is 0 Å². The third-order valence-electron chi connectivity index (χ3n) is 3.18. The number of nitrogens with zero attached hydrogens (tertiary/aromatic N) is 1. The van der Waals surface area contributed by atoms with E-state index >= 15 is 0 Å². The Kier molecular flexibility index (Phi) is 2.53. The van der Waals surface area contributed by atoms with Crippen LogP contribution in [0.4, 0.5) is 0 Å². The molecule has 0 radical (unpaired) electrons. The summed E-state index contributed by atoms with van der Waals surface area (Å²) in [5, 5.41) is 0. The van der Waals surface area contributed by atoms with E-state index in [2.05, 4.69) is 4.98 Å². The predicted molar refractivity (Wildman–Crippen MR) is 69.7 cm³/mol. The summed E-state index contributed by atoms with van der Waals surface area (Å²) in [6, 6.07) is 8.09. The Morgan fingerprint density at radius 2 is 1.95 bits per heavy atom. The summed E-state index contributed by atoms with van der Waals surface area (Å²) >= 11 is 0. The molecular weight excluding hydrogens is 262 g/mol. The fraction of sp³-hybridized carbons (Fsp3) is 0.143. The van der Waals surface area contributed by atoms with Crippen molar-refractivity contribution in [1.82, 2.24) is 4.98 Å². The highest BCUT2D eigenvalue weighted by molar-refractivity contribution is 7.90. The molecule has 0 N–H and O–H groups in total. The predicted octanol–water partition coefficient (Wildman–Crippen LogP) is 1.91. The number of rotatable bonds is 0. The van der Waals surface area contributed by atoms with Crippen LogP contribution in [0.2, 0.25) is 0 Å². The Morgan fingerprint density at radius 3 is 2.74 bits per heavy atom. The molecule has 2 heterocycles. The van der Waals surface area contributed by atoms with Crippen molar-refractivity contribution in [2.45, 2.75) is 17.6 Å². The van der Waals surface area contributed by atoms with Gasteiger partial charge in [-0.2, -0.15) is 0 Å². The number of benzene rings is 1. The van der Waals surface area contributed by atoms with E-state index in [4.69, 9.17) is 0 Å². The van der Waals surface area contributed by atoms with Gasteiger partial charge in [0.25, 0.3) is 0 Å². The van der Waals surface area contributed by atoms with Gasteiger partial charge < -0.3 is 0 Å². The molecule has 0 atom stereocenters. The van der Waals surface area contributed by atoms with Gasteiger partial charge in [0, 0.05) is 17.3 Å². The van der Waals surface area contributed by atoms with Gasteiger partial charge in [0.15, 0.2) is 15.6 Å². The summed E-state index contributed by atoms with van der Waals surface area (Å²) in [4.78, 5) is 16.6. The molecule has 0 unspecified atom stereocenters. The molecule has 5 heteroatoms. The minimum Gasteiger partial charge on any atom is -0.288 e. The van der Waals surface area contributed by atoms with Crippen molar-refractivity contribution in [3.63, 3.8) is 0 Å². The molecule has 0 spiro atoms. The van der Waals surface area contributed by atoms with Crippen molar-refractivity contribution in [2.24, 2.45) is 0 Å². The fourth-order valence-corrected chi connectivity index (χ4v) is 3.76. The smallest absolute Gasteiger partial charge is 0.196 e. The van der Waals surface area contributed by atoms with Crippen LogP contribution in [0.1, 0.15) is 27.2 Å². The van der Waals surface area contributed by atoms with Crippen LogP contribution >= 0.6 is 0 Å². The molecule has 4 nitrogen and oxygen atoms in total. The first-order chi connectivity index (χ1) is 8.99. The second kappa shape index (κ2) is 3.99. The van der Waals surface area contributed by atoms with Crippen LogP contribution in [-0.2, 0) is 15.6 Å². The number of carbonyl (C=O) groups is 1. The van der Waals surface area contributed by atoms with Crippen LogP contribution in [0, 0.1) is 6.92 Å². The van der Waals surface area contributed by atoms with E-state index in [-0.39, 0.29) is 22.0 Å². The standard InChI is InChI=1S/C14H11NO3S/c1-9-4-5-13-11(7-9)14(16)10-3-2-6-15-12(10)8-19(13,17)18/h2-7H,8H2,1H3. The summed E-state index contributed by atoms with van der Waals surface area (Å²) < 4.78 is 24.6. The molecule has 1 aliphatic heterocycles. The van der Waals surface area contributed by atoms with Gasteiger partial charge in [0.2, 0.25) is 0 Å². The molecule has 1 aliphatic rings. The summed E-state index contributed by atoms with van der Waals surface area (Å²) in [6.07, 6.45) is 1.50. The van der Waals surface area contributed by atoms with Crippen LogP contribution in [0.25, 0.3) is 0 Å². The van der Waals surface area contributed by atoms with Crippen molar-refractivity contribution >= 4 is 15.6 Å². The molecule has 0 amide bonds. The zero-order chi connectivity index (χ0) is 13.6. The highest BCUT2D eigenvalue weighted by Crippen LogP contribution is 2.29. The molecule has 0 fully saturated rings. The Hall–Kier alpha value is -2.01. The highest BCUT2D eigenvalue weighted by atomic mass is 32.2. The van der Waals surface area contributed by atoms with E-state index in [9.17, 15) is 13.2 Å². The first kappa shape index (κ1) is 12.0. The lowest BCUT2D eigenvalue weighted by molar-refractivity contribution is 0.103. The third kappa shape index (κ3) is 1.86. The summed E-state index contributed by atoms with van der Waals surface area (Å²) in [6.45, 7) is 1.83. The fourth-order valence-electron chi connectivity index (χ4n) is 2.26. The monoisotopic (exact) mass is 273 g/mol. The first-order valence-corrected chi connectivity index (χ1v) is 7.46. The van der Waals surface area contributed by atoms with Crippen LogP contribution < -0.4 is 0 Å². The number of fused-ring (bicyclic) bond motifs is 2. The minimum absolute atomic E-state index is 0.0982. The lowest BCUT2D eigenvalue weighted by Gasteiger charge is -2.05. The van der Waals surface area contributed by atoms with Gasteiger partial charge in [-0.1, -0.05) is 11.6 Å². The van der Waals surface area contributed by atoms with Gasteiger partial charge in [-0.3, -0.25) is 9.78 Å².